The summed E-state index contributed by atoms with van der Waals surface area (Å²) in [4.78, 5) is 21.8. The van der Waals surface area contributed by atoms with Crippen LogP contribution in [-0.2, 0) is 16.1 Å². The fourth-order valence-corrected chi connectivity index (χ4v) is 1.31. The molecule has 0 aliphatic heterocycles. The number of benzene rings is 1. The number of rotatable bonds is 4. The minimum atomic E-state index is -1.14. The molecule has 0 radical (unpaired) electrons. The van der Waals surface area contributed by atoms with Gasteiger partial charge in [-0.05, 0) is 24.6 Å². The Morgan fingerprint density at radius 3 is 2.75 bits per heavy atom. The average Bonchev–Trinajstić information content (AvgIpc) is 2.24. The second-order valence-corrected chi connectivity index (χ2v) is 3.84. The first kappa shape index (κ1) is 12.5. The molecule has 16 heavy (non-hydrogen) atoms. The molecule has 0 aliphatic rings. The van der Waals surface area contributed by atoms with E-state index in [-0.39, 0.29) is 6.54 Å². The molecule has 1 rings (SSSR count). The van der Waals surface area contributed by atoms with E-state index in [2.05, 4.69) is 5.32 Å². The molecule has 1 atom stereocenters. The van der Waals surface area contributed by atoms with Crippen LogP contribution in [0.2, 0.25) is 5.02 Å². The van der Waals surface area contributed by atoms with Gasteiger partial charge in [0.05, 0.1) is 0 Å². The van der Waals surface area contributed by atoms with Crippen molar-refractivity contribution in [3.8, 4) is 0 Å². The van der Waals surface area contributed by atoms with Crippen LogP contribution in [0.1, 0.15) is 12.5 Å². The highest BCUT2D eigenvalue weighted by Gasteiger charge is 2.19. The van der Waals surface area contributed by atoms with Gasteiger partial charge in [-0.15, -0.1) is 0 Å². The molecule has 0 saturated heterocycles. The highest BCUT2D eigenvalue weighted by molar-refractivity contribution is 6.30. The summed E-state index contributed by atoms with van der Waals surface area (Å²) in [5.41, 5.74) is 0.832. The summed E-state index contributed by atoms with van der Waals surface area (Å²) >= 11 is 5.77. The molecule has 1 aromatic carbocycles. The minimum Gasteiger partial charge on any atom is -0.481 e. The van der Waals surface area contributed by atoms with Gasteiger partial charge >= 0.3 is 5.97 Å². The second kappa shape index (κ2) is 5.51. The van der Waals surface area contributed by atoms with Crippen LogP contribution in [0.25, 0.3) is 0 Å². The van der Waals surface area contributed by atoms with Gasteiger partial charge in [0.15, 0.2) is 0 Å². The van der Waals surface area contributed by atoms with E-state index in [0.29, 0.717) is 5.02 Å². The predicted molar refractivity (Wildman–Crippen MR) is 60.1 cm³/mol. The summed E-state index contributed by atoms with van der Waals surface area (Å²) < 4.78 is 0. The third kappa shape index (κ3) is 3.55. The number of aliphatic carboxylic acids is 1. The molecule has 0 heterocycles. The van der Waals surface area contributed by atoms with E-state index in [0.717, 1.165) is 5.56 Å². The van der Waals surface area contributed by atoms with Crippen molar-refractivity contribution in [2.75, 3.05) is 0 Å². The quantitative estimate of drug-likeness (QED) is 0.789. The van der Waals surface area contributed by atoms with Crippen LogP contribution in [0, 0.1) is 5.92 Å². The van der Waals surface area contributed by atoms with Crippen LogP contribution in [0.15, 0.2) is 24.3 Å². The fourth-order valence-electron chi connectivity index (χ4n) is 1.10. The van der Waals surface area contributed by atoms with Crippen molar-refractivity contribution in [2.45, 2.75) is 13.5 Å². The molecule has 5 heteroatoms. The largest absolute Gasteiger partial charge is 0.481 e. The molecule has 0 aliphatic carbocycles. The molecule has 1 aromatic rings. The molecule has 0 saturated carbocycles. The topological polar surface area (TPSA) is 66.4 Å². The number of carboxylic acid groups (broad SMARTS) is 1. The molecular weight excluding hydrogens is 230 g/mol. The Labute approximate surface area is 98.2 Å². The Kier molecular flexibility index (Phi) is 4.31. The van der Waals surface area contributed by atoms with Gasteiger partial charge in [0.2, 0.25) is 5.91 Å². The van der Waals surface area contributed by atoms with Gasteiger partial charge < -0.3 is 10.4 Å². The van der Waals surface area contributed by atoms with E-state index >= 15 is 0 Å². The second-order valence-electron chi connectivity index (χ2n) is 3.41. The number of hydrogen-bond donors (Lipinski definition) is 2. The van der Waals surface area contributed by atoms with Gasteiger partial charge in [-0.2, -0.15) is 0 Å². The molecule has 0 bridgehead atoms. The minimum absolute atomic E-state index is 0.275. The summed E-state index contributed by atoms with van der Waals surface area (Å²) in [6.45, 7) is 1.62. The summed E-state index contributed by atoms with van der Waals surface area (Å²) in [5, 5.41) is 11.7. The van der Waals surface area contributed by atoms with E-state index in [1.807, 2.05) is 0 Å². The van der Waals surface area contributed by atoms with E-state index < -0.39 is 17.8 Å². The Bertz CT molecular complexity index is 406. The fraction of sp³-hybridized carbons (Fsp3) is 0.273. The van der Waals surface area contributed by atoms with Crippen LogP contribution in [-0.4, -0.2) is 17.0 Å². The monoisotopic (exact) mass is 241 g/mol. The molecule has 0 spiro atoms. The summed E-state index contributed by atoms with van der Waals surface area (Å²) in [7, 11) is 0. The molecule has 0 aromatic heterocycles. The molecule has 2 N–H and O–H groups in total. The maximum absolute atomic E-state index is 11.3. The Balaban J connectivity index is 2.52. The first-order valence-corrected chi connectivity index (χ1v) is 5.13. The van der Waals surface area contributed by atoms with E-state index in [4.69, 9.17) is 16.7 Å². The van der Waals surface area contributed by atoms with Crippen molar-refractivity contribution in [1.82, 2.24) is 5.32 Å². The van der Waals surface area contributed by atoms with Crippen LogP contribution < -0.4 is 5.32 Å². The maximum atomic E-state index is 11.3. The third-order valence-electron chi connectivity index (χ3n) is 2.12. The number of nitrogens with one attached hydrogen (secondary N) is 1. The van der Waals surface area contributed by atoms with Crippen LogP contribution in [0.5, 0.6) is 0 Å². The Morgan fingerprint density at radius 2 is 2.19 bits per heavy atom. The van der Waals surface area contributed by atoms with Crippen LogP contribution >= 0.6 is 11.6 Å². The van der Waals surface area contributed by atoms with Crippen LogP contribution in [0.4, 0.5) is 0 Å². The van der Waals surface area contributed by atoms with E-state index in [1.54, 1.807) is 24.3 Å². The number of carbonyl (C=O) groups excluding carboxylic acids is 1. The van der Waals surface area contributed by atoms with Crippen molar-refractivity contribution in [2.24, 2.45) is 5.92 Å². The lowest BCUT2D eigenvalue weighted by Gasteiger charge is -2.08. The van der Waals surface area contributed by atoms with Crippen molar-refractivity contribution in [3.05, 3.63) is 34.9 Å². The number of amides is 1. The lowest BCUT2D eigenvalue weighted by molar-refractivity contribution is -0.146. The van der Waals surface area contributed by atoms with E-state index in [1.165, 1.54) is 6.92 Å². The zero-order chi connectivity index (χ0) is 12.1. The molecule has 86 valence electrons. The number of hydrogen-bond acceptors (Lipinski definition) is 2. The normalized spacial score (nSPS) is 11.9. The van der Waals surface area contributed by atoms with Gasteiger partial charge in [0.1, 0.15) is 5.92 Å². The first-order chi connectivity index (χ1) is 7.50. The van der Waals surface area contributed by atoms with Gasteiger partial charge in [-0.3, -0.25) is 9.59 Å². The lowest BCUT2D eigenvalue weighted by Crippen LogP contribution is -2.33. The number of halogens is 1. The van der Waals surface area contributed by atoms with Crippen molar-refractivity contribution in [3.63, 3.8) is 0 Å². The zero-order valence-electron chi connectivity index (χ0n) is 8.74. The van der Waals surface area contributed by atoms with Gasteiger partial charge in [-0.25, -0.2) is 0 Å². The third-order valence-corrected chi connectivity index (χ3v) is 2.35. The summed E-state index contributed by atoms with van der Waals surface area (Å²) in [6.07, 6.45) is 0. The Morgan fingerprint density at radius 1 is 1.50 bits per heavy atom. The standard InChI is InChI=1S/C11H12ClNO3/c1-7(11(15)16)10(14)13-6-8-3-2-4-9(12)5-8/h2-5,7H,6H2,1H3,(H,13,14)(H,15,16). The van der Waals surface area contributed by atoms with Gasteiger partial charge in [-0.1, -0.05) is 23.7 Å². The Hall–Kier alpha value is -1.55. The highest BCUT2D eigenvalue weighted by Crippen LogP contribution is 2.10. The molecule has 0 fully saturated rings. The summed E-state index contributed by atoms with van der Waals surface area (Å²) in [5.74, 6) is -2.68. The summed E-state index contributed by atoms with van der Waals surface area (Å²) in [6, 6.07) is 7.02. The maximum Gasteiger partial charge on any atom is 0.315 e. The molecule has 4 nitrogen and oxygen atoms in total. The predicted octanol–water partition coefficient (Wildman–Crippen LogP) is 1.68. The molecular formula is C11H12ClNO3. The van der Waals surface area contributed by atoms with Crippen molar-refractivity contribution in [1.29, 1.82) is 0 Å². The lowest BCUT2D eigenvalue weighted by atomic mass is 10.1. The molecule has 1 unspecified atom stereocenters. The van der Waals surface area contributed by atoms with Gasteiger partial charge in [0, 0.05) is 11.6 Å². The smallest absolute Gasteiger partial charge is 0.315 e. The SMILES string of the molecule is CC(C(=O)O)C(=O)NCc1cccc(Cl)c1. The number of carbonyl (C=O) groups is 2. The zero-order valence-corrected chi connectivity index (χ0v) is 9.49. The van der Waals surface area contributed by atoms with Gasteiger partial charge in [0.25, 0.3) is 0 Å². The number of carboxylic acids is 1. The highest BCUT2D eigenvalue weighted by atomic mass is 35.5. The average molecular weight is 242 g/mol. The molecule has 1 amide bonds. The van der Waals surface area contributed by atoms with Crippen molar-refractivity contribution >= 4 is 23.5 Å². The van der Waals surface area contributed by atoms with Crippen molar-refractivity contribution < 1.29 is 14.7 Å². The first-order valence-electron chi connectivity index (χ1n) is 4.75. The van der Waals surface area contributed by atoms with E-state index in [9.17, 15) is 9.59 Å². The van der Waals surface area contributed by atoms with Crippen LogP contribution in [0.3, 0.4) is 0 Å².